The first kappa shape index (κ1) is 23.3. The molecule has 1 aliphatic heterocycles. The van der Waals surface area contributed by atoms with Crippen LogP contribution >= 0.6 is 0 Å². The third-order valence-electron chi connectivity index (χ3n) is 5.26. The van der Waals surface area contributed by atoms with Crippen LogP contribution in [0.3, 0.4) is 0 Å². The third kappa shape index (κ3) is 4.08. The van der Waals surface area contributed by atoms with Crippen LogP contribution in [0.2, 0.25) is 0 Å². The van der Waals surface area contributed by atoms with Gasteiger partial charge in [0.05, 0.1) is 23.1 Å². The van der Waals surface area contributed by atoms with Crippen molar-refractivity contribution in [2.45, 2.75) is 31.0 Å². The van der Waals surface area contributed by atoms with Gasteiger partial charge in [-0.05, 0) is 49.2 Å². The van der Waals surface area contributed by atoms with Crippen LogP contribution in [0.1, 0.15) is 29.7 Å². The first-order valence-corrected chi connectivity index (χ1v) is 11.3. The summed E-state index contributed by atoms with van der Waals surface area (Å²) in [6, 6.07) is 7.28. The normalized spacial score (nSPS) is 17.6. The Labute approximate surface area is 184 Å². The number of aryl methyl sites for hydroxylation is 1. The van der Waals surface area contributed by atoms with E-state index in [-0.39, 0.29) is 27.5 Å². The quantitative estimate of drug-likeness (QED) is 0.590. The SMILES string of the molecule is [C-]#[N+]C1=C(C)N(c2cccc(C(F)(F)F)c2)C(=O)N(C)[C@@H]1c1ccc(C)cc1S(C)(=O)=O. The van der Waals surface area contributed by atoms with Crippen molar-refractivity contribution in [3.8, 4) is 0 Å². The zero-order chi connectivity index (χ0) is 24.0. The van der Waals surface area contributed by atoms with E-state index < -0.39 is 33.6 Å². The summed E-state index contributed by atoms with van der Waals surface area (Å²) in [6.45, 7) is 10.9. The highest BCUT2D eigenvalue weighted by Crippen LogP contribution is 2.42. The summed E-state index contributed by atoms with van der Waals surface area (Å²) in [6.07, 6.45) is -3.56. The number of halogens is 3. The van der Waals surface area contributed by atoms with Crippen LogP contribution in [-0.2, 0) is 16.0 Å². The highest BCUT2D eigenvalue weighted by atomic mass is 32.2. The first-order chi connectivity index (χ1) is 14.8. The van der Waals surface area contributed by atoms with Crippen LogP contribution in [0.5, 0.6) is 0 Å². The second-order valence-corrected chi connectivity index (χ2v) is 9.56. The van der Waals surface area contributed by atoms with E-state index in [1.807, 2.05) is 0 Å². The topological polar surface area (TPSA) is 62.1 Å². The van der Waals surface area contributed by atoms with Gasteiger partial charge in [0.2, 0.25) is 5.70 Å². The maximum Gasteiger partial charge on any atom is 0.416 e. The average molecular weight is 463 g/mol. The molecule has 2 aromatic rings. The molecule has 0 radical (unpaired) electrons. The van der Waals surface area contributed by atoms with Gasteiger partial charge < -0.3 is 4.90 Å². The van der Waals surface area contributed by atoms with E-state index in [1.165, 1.54) is 37.1 Å². The Kier molecular flexibility index (Phi) is 5.82. The zero-order valence-corrected chi connectivity index (χ0v) is 18.5. The predicted octanol–water partition coefficient (Wildman–Crippen LogP) is 5.18. The number of anilines is 1. The number of carbonyl (C=O) groups is 1. The van der Waals surface area contributed by atoms with Crippen molar-refractivity contribution >= 4 is 21.6 Å². The van der Waals surface area contributed by atoms with Crippen LogP contribution in [0.15, 0.2) is 58.8 Å². The highest BCUT2D eigenvalue weighted by molar-refractivity contribution is 7.90. The third-order valence-corrected chi connectivity index (χ3v) is 6.41. The number of likely N-dealkylation sites (N-methyl/N-ethyl adjacent to an activating group) is 1. The molecule has 3 rings (SSSR count). The Morgan fingerprint density at radius 1 is 1.09 bits per heavy atom. The van der Waals surface area contributed by atoms with Crippen molar-refractivity contribution in [1.82, 2.24) is 4.90 Å². The minimum atomic E-state index is -4.60. The van der Waals surface area contributed by atoms with Crippen LogP contribution < -0.4 is 4.90 Å². The van der Waals surface area contributed by atoms with Crippen LogP contribution in [0.4, 0.5) is 23.7 Å². The largest absolute Gasteiger partial charge is 0.416 e. The Hall–Kier alpha value is -3.32. The molecule has 2 amide bonds. The molecule has 168 valence electrons. The second-order valence-electron chi connectivity index (χ2n) is 7.58. The standard InChI is InChI=1S/C22H20F3N3O3S/c1-13-9-10-17(18(11-13)32(5,30)31)20-19(26-3)14(2)28(21(29)27(20)4)16-8-6-7-15(12-16)22(23,24)25/h6-12,20H,1-2,4-5H3/t20-/m1/s1. The van der Waals surface area contributed by atoms with Gasteiger partial charge >= 0.3 is 12.2 Å². The zero-order valence-electron chi connectivity index (χ0n) is 17.7. The highest BCUT2D eigenvalue weighted by Gasteiger charge is 2.40. The van der Waals surface area contributed by atoms with Crippen LogP contribution in [-0.4, -0.2) is 32.7 Å². The van der Waals surface area contributed by atoms with Gasteiger partial charge in [-0.1, -0.05) is 18.2 Å². The molecule has 0 bridgehead atoms. The molecule has 6 nitrogen and oxygen atoms in total. The molecule has 0 saturated carbocycles. The predicted molar refractivity (Wildman–Crippen MR) is 113 cm³/mol. The molecule has 0 aromatic heterocycles. The fraction of sp³-hybridized carbons (Fsp3) is 0.273. The molecule has 1 heterocycles. The van der Waals surface area contributed by atoms with Crippen molar-refractivity contribution in [2.75, 3.05) is 18.2 Å². The number of urea groups is 1. The van der Waals surface area contributed by atoms with E-state index in [1.54, 1.807) is 19.1 Å². The number of allylic oxidation sites excluding steroid dienone is 1. The van der Waals surface area contributed by atoms with E-state index in [4.69, 9.17) is 6.57 Å². The van der Waals surface area contributed by atoms with Gasteiger partial charge in [-0.2, -0.15) is 13.2 Å². The maximum atomic E-state index is 13.3. The number of rotatable bonds is 3. The van der Waals surface area contributed by atoms with Gasteiger partial charge in [-0.3, -0.25) is 4.90 Å². The van der Waals surface area contributed by atoms with E-state index in [9.17, 15) is 26.4 Å². The van der Waals surface area contributed by atoms with Crippen molar-refractivity contribution in [1.29, 1.82) is 0 Å². The number of nitrogens with zero attached hydrogens (tertiary/aromatic N) is 3. The second kappa shape index (κ2) is 7.98. The summed E-state index contributed by atoms with van der Waals surface area (Å²) in [5, 5.41) is 0. The molecule has 0 unspecified atom stereocenters. The van der Waals surface area contributed by atoms with Crippen LogP contribution in [0.25, 0.3) is 4.85 Å². The molecular weight excluding hydrogens is 443 g/mol. The fourth-order valence-electron chi connectivity index (χ4n) is 3.72. The lowest BCUT2D eigenvalue weighted by molar-refractivity contribution is -0.137. The summed E-state index contributed by atoms with van der Waals surface area (Å²) in [5.41, 5.74) is 0.145. The molecule has 0 spiro atoms. The molecule has 2 aromatic carbocycles. The Bertz CT molecular complexity index is 1280. The molecule has 0 aliphatic carbocycles. The molecule has 0 N–H and O–H groups in total. The minimum Gasteiger partial charge on any atom is -0.325 e. The maximum absolute atomic E-state index is 13.3. The molecular formula is C22H20F3N3O3S. The van der Waals surface area contributed by atoms with Crippen LogP contribution in [0, 0.1) is 13.5 Å². The molecule has 0 fully saturated rings. The van der Waals surface area contributed by atoms with Gasteiger partial charge in [-0.25, -0.2) is 18.1 Å². The lowest BCUT2D eigenvalue weighted by atomic mass is 9.97. The number of sulfone groups is 1. The number of benzene rings is 2. The lowest BCUT2D eigenvalue weighted by Gasteiger charge is -2.40. The Balaban J connectivity index is 2.24. The number of hydrogen-bond donors (Lipinski definition) is 0. The van der Waals surface area contributed by atoms with E-state index in [2.05, 4.69) is 4.85 Å². The van der Waals surface area contributed by atoms with Crippen molar-refractivity contribution in [2.24, 2.45) is 0 Å². The van der Waals surface area contributed by atoms with Crippen molar-refractivity contribution in [3.63, 3.8) is 0 Å². The summed E-state index contributed by atoms with van der Waals surface area (Å²) in [5.74, 6) is 0. The molecule has 32 heavy (non-hydrogen) atoms. The Morgan fingerprint density at radius 2 is 1.75 bits per heavy atom. The average Bonchev–Trinajstić information content (AvgIpc) is 2.70. The summed E-state index contributed by atoms with van der Waals surface area (Å²) < 4.78 is 64.4. The molecule has 0 saturated heterocycles. The fourth-order valence-corrected chi connectivity index (χ4v) is 4.73. The van der Waals surface area contributed by atoms with Gasteiger partial charge in [0, 0.05) is 24.7 Å². The minimum absolute atomic E-state index is 0.0105. The summed E-state index contributed by atoms with van der Waals surface area (Å²) >= 11 is 0. The van der Waals surface area contributed by atoms with Crippen molar-refractivity contribution in [3.05, 3.63) is 82.0 Å². The molecule has 1 atom stereocenters. The Morgan fingerprint density at radius 3 is 2.31 bits per heavy atom. The number of amides is 2. The monoisotopic (exact) mass is 463 g/mol. The smallest absolute Gasteiger partial charge is 0.325 e. The summed E-state index contributed by atoms with van der Waals surface area (Å²) in [4.78, 5) is 19.0. The molecule has 1 aliphatic rings. The van der Waals surface area contributed by atoms with E-state index in [0.717, 1.165) is 23.3 Å². The lowest BCUT2D eigenvalue weighted by Crippen LogP contribution is -2.47. The van der Waals surface area contributed by atoms with E-state index >= 15 is 0 Å². The van der Waals surface area contributed by atoms with E-state index in [0.29, 0.717) is 5.56 Å². The number of carbonyl (C=O) groups excluding carboxylic acids is 1. The summed E-state index contributed by atoms with van der Waals surface area (Å²) in [7, 11) is -2.30. The van der Waals surface area contributed by atoms with Gasteiger partial charge in [-0.15, -0.1) is 0 Å². The van der Waals surface area contributed by atoms with Gasteiger partial charge in [0.15, 0.2) is 9.84 Å². The van der Waals surface area contributed by atoms with Gasteiger partial charge in [0.1, 0.15) is 0 Å². The number of hydrogen-bond acceptors (Lipinski definition) is 3. The molecule has 10 heteroatoms. The number of alkyl halides is 3. The van der Waals surface area contributed by atoms with Gasteiger partial charge in [0.25, 0.3) is 0 Å². The first-order valence-electron chi connectivity index (χ1n) is 9.40. The van der Waals surface area contributed by atoms with Crippen molar-refractivity contribution < 1.29 is 26.4 Å².